The first-order chi connectivity index (χ1) is 14.6. The van der Waals surface area contributed by atoms with Gasteiger partial charge in [-0.2, -0.15) is 0 Å². The molecule has 2 aromatic heterocycles. The molecule has 0 aliphatic rings. The van der Waals surface area contributed by atoms with Gasteiger partial charge in [0.15, 0.2) is 5.82 Å². The predicted octanol–water partition coefficient (Wildman–Crippen LogP) is 3.24. The number of nitrogens with one attached hydrogen (secondary N) is 2. The van der Waals surface area contributed by atoms with Gasteiger partial charge >= 0.3 is 5.97 Å². The maximum atomic E-state index is 15.0. The minimum Gasteiger partial charge on any atom is -0.481 e. The molecular weight excluding hydrogens is 432 g/mol. The number of anilines is 1. The molecule has 11 heteroatoms. The summed E-state index contributed by atoms with van der Waals surface area (Å²) >= 11 is 0. The molecule has 1 aromatic carbocycles. The van der Waals surface area contributed by atoms with E-state index in [-0.39, 0.29) is 41.6 Å². The minimum atomic E-state index is -3.86. The number of ketones is 1. The molecule has 0 radical (unpaired) electrons. The van der Waals surface area contributed by atoms with Crippen LogP contribution in [0.2, 0.25) is 0 Å². The van der Waals surface area contributed by atoms with Crippen LogP contribution in [-0.4, -0.2) is 41.0 Å². The van der Waals surface area contributed by atoms with Crippen molar-refractivity contribution in [3.63, 3.8) is 0 Å². The number of nitrogens with zero attached hydrogens (tertiary/aromatic N) is 1. The molecule has 0 unspecified atom stereocenters. The average Bonchev–Trinajstić information content (AvgIpc) is 3.11. The fourth-order valence-electron chi connectivity index (χ4n) is 3.08. The third kappa shape index (κ3) is 4.88. The molecule has 0 aliphatic heterocycles. The number of aromatic amines is 1. The van der Waals surface area contributed by atoms with Crippen LogP contribution in [0.15, 0.2) is 30.6 Å². The molecule has 31 heavy (non-hydrogen) atoms. The lowest BCUT2D eigenvalue weighted by atomic mass is 10.0. The van der Waals surface area contributed by atoms with Gasteiger partial charge in [0.1, 0.15) is 11.5 Å². The number of sulfonamides is 1. The lowest BCUT2D eigenvalue weighted by molar-refractivity contribution is -0.136. The van der Waals surface area contributed by atoms with E-state index in [4.69, 9.17) is 5.11 Å². The Balaban J connectivity index is 2.02. The highest BCUT2D eigenvalue weighted by Gasteiger charge is 2.26. The number of carboxylic acids is 1. The third-order valence-electron chi connectivity index (χ3n) is 4.52. The molecule has 0 aliphatic carbocycles. The molecule has 8 nitrogen and oxygen atoms in total. The van der Waals surface area contributed by atoms with E-state index in [9.17, 15) is 26.8 Å². The van der Waals surface area contributed by atoms with E-state index in [2.05, 4.69) is 9.97 Å². The average molecular weight is 451 g/mol. The first-order valence-corrected chi connectivity index (χ1v) is 11.0. The maximum Gasteiger partial charge on any atom is 0.303 e. The second-order valence-corrected chi connectivity index (χ2v) is 8.71. The Labute approximate surface area is 176 Å². The van der Waals surface area contributed by atoms with Crippen molar-refractivity contribution < 1.29 is 31.9 Å². The number of carbonyl (C=O) groups is 2. The van der Waals surface area contributed by atoms with Gasteiger partial charge in [-0.1, -0.05) is 6.92 Å². The van der Waals surface area contributed by atoms with E-state index < -0.39 is 44.7 Å². The van der Waals surface area contributed by atoms with Crippen LogP contribution in [0.5, 0.6) is 0 Å². The van der Waals surface area contributed by atoms with Gasteiger partial charge in [-0.3, -0.25) is 14.3 Å². The van der Waals surface area contributed by atoms with Crippen LogP contribution >= 0.6 is 0 Å². The van der Waals surface area contributed by atoms with E-state index in [0.717, 1.165) is 12.1 Å². The number of aromatic nitrogens is 2. The summed E-state index contributed by atoms with van der Waals surface area (Å²) in [4.78, 5) is 30.6. The quantitative estimate of drug-likeness (QED) is 0.428. The zero-order valence-corrected chi connectivity index (χ0v) is 17.2. The number of rotatable bonds is 9. The van der Waals surface area contributed by atoms with Crippen LogP contribution in [0, 0.1) is 11.6 Å². The Morgan fingerprint density at radius 2 is 2.00 bits per heavy atom. The second kappa shape index (κ2) is 8.80. The van der Waals surface area contributed by atoms with Crippen molar-refractivity contribution in [2.24, 2.45) is 0 Å². The summed E-state index contributed by atoms with van der Waals surface area (Å²) in [5, 5.41) is 9.10. The highest BCUT2D eigenvalue weighted by atomic mass is 32.2. The summed E-state index contributed by atoms with van der Waals surface area (Å²) in [6, 6.07) is 3.25. The van der Waals surface area contributed by atoms with Gasteiger partial charge in [0.05, 0.1) is 17.0 Å². The first-order valence-electron chi connectivity index (χ1n) is 9.34. The third-order valence-corrected chi connectivity index (χ3v) is 5.99. The van der Waals surface area contributed by atoms with Crippen molar-refractivity contribution in [3.05, 3.63) is 58.9 Å². The fraction of sp³-hybridized carbons (Fsp3) is 0.250. The number of aryl methyl sites for hydroxylation is 1. The highest BCUT2D eigenvalue weighted by Crippen LogP contribution is 2.28. The number of H-pyrrole nitrogens is 1. The molecule has 3 rings (SSSR count). The monoisotopic (exact) mass is 451 g/mol. The van der Waals surface area contributed by atoms with Crippen LogP contribution in [0.1, 0.15) is 41.3 Å². The molecule has 0 spiro atoms. The Morgan fingerprint density at radius 3 is 2.68 bits per heavy atom. The smallest absolute Gasteiger partial charge is 0.303 e. The van der Waals surface area contributed by atoms with E-state index >= 15 is 0 Å². The molecule has 2 heterocycles. The van der Waals surface area contributed by atoms with Crippen molar-refractivity contribution in [3.8, 4) is 0 Å². The molecule has 0 atom stereocenters. The molecular formula is C20H19F2N3O5S. The van der Waals surface area contributed by atoms with Gasteiger partial charge in [0, 0.05) is 29.8 Å². The number of aliphatic carboxylic acids is 1. The standard InChI is InChI=1S/C20H19F2N3O5S/c1-2-7-31(29,30)25-15-5-4-14(21)17(18(15)22)19(28)13-10-24-20-12(13)8-11(9-23-20)3-6-16(26)27/h4-5,8-10,25H,2-3,6-7H2,1H3,(H,23,24)(H,26,27). The fourth-order valence-corrected chi connectivity index (χ4v) is 4.22. The molecule has 0 saturated carbocycles. The number of hydrogen-bond donors (Lipinski definition) is 3. The van der Waals surface area contributed by atoms with Crippen molar-refractivity contribution in [2.75, 3.05) is 10.5 Å². The molecule has 0 fully saturated rings. The van der Waals surface area contributed by atoms with E-state index in [1.54, 1.807) is 6.92 Å². The van der Waals surface area contributed by atoms with Crippen LogP contribution in [0.25, 0.3) is 11.0 Å². The molecule has 3 N–H and O–H groups in total. The van der Waals surface area contributed by atoms with Crippen molar-refractivity contribution >= 4 is 38.5 Å². The number of carboxylic acid groups (broad SMARTS) is 1. The Bertz CT molecular complexity index is 1270. The number of fused-ring (bicyclic) bond motifs is 1. The summed E-state index contributed by atoms with van der Waals surface area (Å²) < 4.78 is 55.3. The van der Waals surface area contributed by atoms with Crippen molar-refractivity contribution in [2.45, 2.75) is 26.2 Å². The summed E-state index contributed by atoms with van der Waals surface area (Å²) in [6.45, 7) is 1.63. The summed E-state index contributed by atoms with van der Waals surface area (Å²) in [7, 11) is -3.86. The van der Waals surface area contributed by atoms with E-state index in [1.807, 2.05) is 4.72 Å². The number of carbonyl (C=O) groups excluding carboxylic acids is 1. The number of benzene rings is 1. The van der Waals surface area contributed by atoms with Gasteiger partial charge in [0.2, 0.25) is 15.8 Å². The van der Waals surface area contributed by atoms with E-state index in [1.165, 1.54) is 18.5 Å². The lowest BCUT2D eigenvalue weighted by Crippen LogP contribution is -2.18. The van der Waals surface area contributed by atoms with Crippen LogP contribution < -0.4 is 4.72 Å². The Hall–Kier alpha value is -3.34. The minimum absolute atomic E-state index is 0.0777. The first kappa shape index (κ1) is 22.3. The topological polar surface area (TPSA) is 129 Å². The maximum absolute atomic E-state index is 15.0. The summed E-state index contributed by atoms with van der Waals surface area (Å²) in [6.07, 6.45) is 2.99. The predicted molar refractivity (Wildman–Crippen MR) is 110 cm³/mol. The van der Waals surface area contributed by atoms with Gasteiger partial charge < -0.3 is 10.1 Å². The highest BCUT2D eigenvalue weighted by molar-refractivity contribution is 7.92. The summed E-state index contributed by atoms with van der Waals surface area (Å²) in [5.74, 6) is -4.74. The van der Waals surface area contributed by atoms with Crippen LogP contribution in [0.3, 0.4) is 0 Å². The summed E-state index contributed by atoms with van der Waals surface area (Å²) in [5.41, 5.74) is -0.702. The molecule has 0 amide bonds. The largest absolute Gasteiger partial charge is 0.481 e. The second-order valence-electron chi connectivity index (χ2n) is 6.87. The number of hydrogen-bond acceptors (Lipinski definition) is 5. The molecule has 0 saturated heterocycles. The van der Waals surface area contributed by atoms with Gasteiger partial charge in [0.25, 0.3) is 0 Å². The van der Waals surface area contributed by atoms with E-state index in [0.29, 0.717) is 5.56 Å². The molecule has 164 valence electrons. The Kier molecular flexibility index (Phi) is 6.34. The van der Waals surface area contributed by atoms with Crippen LogP contribution in [-0.2, 0) is 21.2 Å². The lowest BCUT2D eigenvalue weighted by Gasteiger charge is -2.11. The van der Waals surface area contributed by atoms with Gasteiger partial charge in [-0.15, -0.1) is 0 Å². The SMILES string of the molecule is CCCS(=O)(=O)Nc1ccc(F)c(C(=O)c2c[nH]c3ncc(CCC(=O)O)cc23)c1F. The van der Waals surface area contributed by atoms with Gasteiger partial charge in [-0.05, 0) is 36.6 Å². The zero-order chi connectivity index (χ0) is 22.8. The number of halogens is 2. The van der Waals surface area contributed by atoms with Crippen molar-refractivity contribution in [1.82, 2.24) is 9.97 Å². The van der Waals surface area contributed by atoms with Crippen LogP contribution in [0.4, 0.5) is 14.5 Å². The number of pyridine rings is 1. The van der Waals surface area contributed by atoms with Crippen molar-refractivity contribution in [1.29, 1.82) is 0 Å². The zero-order valence-electron chi connectivity index (χ0n) is 16.4. The van der Waals surface area contributed by atoms with Gasteiger partial charge in [-0.25, -0.2) is 22.2 Å². The molecule has 3 aromatic rings. The Morgan fingerprint density at radius 1 is 1.26 bits per heavy atom. The normalized spacial score (nSPS) is 11.6. The molecule has 0 bridgehead atoms.